The van der Waals surface area contributed by atoms with E-state index in [1.807, 2.05) is 43.3 Å². The number of aryl methyl sites for hydroxylation is 1. The van der Waals surface area contributed by atoms with Crippen LogP contribution in [0.15, 0.2) is 57.4 Å². The van der Waals surface area contributed by atoms with Gasteiger partial charge in [0.1, 0.15) is 16.8 Å². The molecular formula is C18H12BrN3O2S. The Labute approximate surface area is 156 Å². The van der Waals surface area contributed by atoms with Gasteiger partial charge in [-0.15, -0.1) is 0 Å². The Balaban J connectivity index is 1.62. The summed E-state index contributed by atoms with van der Waals surface area (Å²) in [5.74, 6) is 0.576. The number of carbonyl (C=O) groups excluding carboxylic acids is 1. The Morgan fingerprint density at radius 1 is 1.08 bits per heavy atom. The minimum atomic E-state index is -0.313. The van der Waals surface area contributed by atoms with Gasteiger partial charge in [0.05, 0.1) is 17.4 Å². The number of furan rings is 1. The summed E-state index contributed by atoms with van der Waals surface area (Å²) in [6.07, 6.45) is 0. The van der Waals surface area contributed by atoms with Gasteiger partial charge in [0, 0.05) is 10.0 Å². The summed E-state index contributed by atoms with van der Waals surface area (Å²) in [6.45, 7) is 1.92. The van der Waals surface area contributed by atoms with Crippen molar-refractivity contribution in [2.24, 2.45) is 0 Å². The van der Waals surface area contributed by atoms with Gasteiger partial charge in [-0.1, -0.05) is 34.1 Å². The molecule has 0 fully saturated rings. The van der Waals surface area contributed by atoms with Crippen LogP contribution in [-0.4, -0.2) is 14.7 Å². The summed E-state index contributed by atoms with van der Waals surface area (Å²) in [5, 5.41) is 2.89. The highest BCUT2D eigenvalue weighted by Crippen LogP contribution is 2.28. The second kappa shape index (κ2) is 6.42. The molecule has 4 rings (SSSR count). The van der Waals surface area contributed by atoms with E-state index in [0.29, 0.717) is 17.0 Å². The maximum atomic E-state index is 12.6. The molecule has 0 aliphatic heterocycles. The van der Waals surface area contributed by atoms with E-state index in [2.05, 4.69) is 30.0 Å². The Bertz CT molecular complexity index is 1070. The number of hydrogen-bond acceptors (Lipinski definition) is 5. The lowest BCUT2D eigenvalue weighted by Crippen LogP contribution is -2.12. The molecule has 0 saturated heterocycles. The molecular weight excluding hydrogens is 402 g/mol. The molecule has 0 aliphatic rings. The molecule has 0 spiro atoms. The van der Waals surface area contributed by atoms with E-state index in [0.717, 1.165) is 32.8 Å². The van der Waals surface area contributed by atoms with Crippen molar-refractivity contribution in [1.82, 2.24) is 8.75 Å². The van der Waals surface area contributed by atoms with Crippen LogP contribution in [0.5, 0.6) is 0 Å². The van der Waals surface area contributed by atoms with E-state index in [4.69, 9.17) is 4.42 Å². The number of hydrogen-bond donors (Lipinski definition) is 1. The first-order valence-corrected chi connectivity index (χ1v) is 9.03. The summed E-state index contributed by atoms with van der Waals surface area (Å²) in [7, 11) is 0. The molecule has 2 heterocycles. The van der Waals surface area contributed by atoms with Crippen molar-refractivity contribution < 1.29 is 9.21 Å². The molecule has 0 atom stereocenters. The molecule has 0 unspecified atom stereocenters. The van der Waals surface area contributed by atoms with E-state index in [-0.39, 0.29) is 11.7 Å². The third kappa shape index (κ3) is 3.08. The topological polar surface area (TPSA) is 68.0 Å². The van der Waals surface area contributed by atoms with E-state index < -0.39 is 0 Å². The smallest absolute Gasteiger partial charge is 0.291 e. The van der Waals surface area contributed by atoms with Gasteiger partial charge in [0.15, 0.2) is 5.76 Å². The molecule has 0 saturated carbocycles. The van der Waals surface area contributed by atoms with E-state index in [1.165, 1.54) is 0 Å². The minimum Gasteiger partial charge on any atom is -0.451 e. The normalized spacial score (nSPS) is 11.0. The van der Waals surface area contributed by atoms with Crippen molar-refractivity contribution in [3.63, 3.8) is 0 Å². The summed E-state index contributed by atoms with van der Waals surface area (Å²) in [4.78, 5) is 12.6. The molecule has 1 N–H and O–H groups in total. The maximum Gasteiger partial charge on any atom is 0.291 e. The first-order valence-electron chi connectivity index (χ1n) is 7.51. The van der Waals surface area contributed by atoms with Crippen molar-refractivity contribution >= 4 is 50.3 Å². The highest BCUT2D eigenvalue weighted by atomic mass is 79.9. The molecule has 5 nitrogen and oxygen atoms in total. The van der Waals surface area contributed by atoms with Crippen LogP contribution in [0.2, 0.25) is 0 Å². The lowest BCUT2D eigenvalue weighted by Gasteiger charge is -2.07. The quantitative estimate of drug-likeness (QED) is 0.496. The van der Waals surface area contributed by atoms with Crippen LogP contribution in [0, 0.1) is 6.92 Å². The standard InChI is InChI=1S/C18H12BrN3O2S/c1-10-2-7-13-17(22-25-21-13)16(10)20-18(23)15-9-8-14(24-15)11-3-5-12(19)6-4-11/h2-9H,1H3,(H,20,23). The van der Waals surface area contributed by atoms with Gasteiger partial charge in [-0.3, -0.25) is 4.79 Å². The lowest BCUT2D eigenvalue weighted by molar-refractivity contribution is 0.0997. The Morgan fingerprint density at radius 3 is 2.68 bits per heavy atom. The van der Waals surface area contributed by atoms with E-state index in [1.54, 1.807) is 12.1 Å². The number of rotatable bonds is 3. The number of nitrogens with one attached hydrogen (secondary N) is 1. The van der Waals surface area contributed by atoms with Gasteiger partial charge in [-0.2, -0.15) is 8.75 Å². The Hall–Kier alpha value is -2.51. The number of anilines is 1. The van der Waals surface area contributed by atoms with E-state index >= 15 is 0 Å². The average molecular weight is 414 g/mol. The fourth-order valence-electron chi connectivity index (χ4n) is 2.51. The van der Waals surface area contributed by atoms with Crippen LogP contribution in [0.25, 0.3) is 22.4 Å². The molecule has 0 bridgehead atoms. The van der Waals surface area contributed by atoms with Gasteiger partial charge in [-0.05, 0) is 42.8 Å². The highest BCUT2D eigenvalue weighted by Gasteiger charge is 2.16. The van der Waals surface area contributed by atoms with Crippen LogP contribution < -0.4 is 5.32 Å². The van der Waals surface area contributed by atoms with E-state index in [9.17, 15) is 4.79 Å². The highest BCUT2D eigenvalue weighted by molar-refractivity contribution is 9.10. The molecule has 2 aromatic carbocycles. The second-order valence-electron chi connectivity index (χ2n) is 5.51. The van der Waals surface area contributed by atoms with Crippen LogP contribution in [0.4, 0.5) is 5.69 Å². The number of benzene rings is 2. The summed E-state index contributed by atoms with van der Waals surface area (Å²) < 4.78 is 15.2. The largest absolute Gasteiger partial charge is 0.451 e. The molecule has 0 radical (unpaired) electrons. The Morgan fingerprint density at radius 2 is 1.88 bits per heavy atom. The monoisotopic (exact) mass is 413 g/mol. The lowest BCUT2D eigenvalue weighted by atomic mass is 10.1. The third-order valence-corrected chi connectivity index (χ3v) is 4.90. The van der Waals surface area contributed by atoms with Gasteiger partial charge < -0.3 is 9.73 Å². The maximum absolute atomic E-state index is 12.6. The zero-order chi connectivity index (χ0) is 17.4. The number of aromatic nitrogens is 2. The SMILES string of the molecule is Cc1ccc2nsnc2c1NC(=O)c1ccc(-c2ccc(Br)cc2)o1. The minimum absolute atomic E-state index is 0.248. The van der Waals surface area contributed by atoms with Crippen LogP contribution in [0.3, 0.4) is 0 Å². The fraction of sp³-hybridized carbons (Fsp3) is 0.0556. The number of amides is 1. The second-order valence-corrected chi connectivity index (χ2v) is 6.96. The van der Waals surface area contributed by atoms with Crippen LogP contribution in [-0.2, 0) is 0 Å². The molecule has 124 valence electrons. The average Bonchev–Trinajstić information content (AvgIpc) is 3.27. The molecule has 0 aliphatic carbocycles. The van der Waals surface area contributed by atoms with Gasteiger partial charge in [-0.25, -0.2) is 0 Å². The van der Waals surface area contributed by atoms with Crippen LogP contribution >= 0.6 is 27.7 Å². The summed E-state index contributed by atoms with van der Waals surface area (Å²) in [5.41, 5.74) is 3.95. The van der Waals surface area contributed by atoms with Crippen molar-refractivity contribution in [2.75, 3.05) is 5.32 Å². The molecule has 7 heteroatoms. The van der Waals surface area contributed by atoms with Crippen LogP contribution in [0.1, 0.15) is 16.1 Å². The molecule has 2 aromatic heterocycles. The third-order valence-electron chi connectivity index (χ3n) is 3.83. The zero-order valence-electron chi connectivity index (χ0n) is 13.1. The van der Waals surface area contributed by atoms with Gasteiger partial charge >= 0.3 is 0 Å². The number of halogens is 1. The van der Waals surface area contributed by atoms with Crippen molar-refractivity contribution in [3.05, 3.63) is 64.3 Å². The van der Waals surface area contributed by atoms with Gasteiger partial charge in [0.25, 0.3) is 5.91 Å². The van der Waals surface area contributed by atoms with Crippen molar-refractivity contribution in [3.8, 4) is 11.3 Å². The predicted molar refractivity (Wildman–Crippen MR) is 102 cm³/mol. The first-order chi connectivity index (χ1) is 12.1. The first kappa shape index (κ1) is 16.0. The zero-order valence-corrected chi connectivity index (χ0v) is 15.5. The Kier molecular flexibility index (Phi) is 4.10. The molecule has 1 amide bonds. The summed E-state index contributed by atoms with van der Waals surface area (Å²) >= 11 is 4.52. The molecule has 25 heavy (non-hydrogen) atoms. The molecule has 4 aromatic rings. The van der Waals surface area contributed by atoms with Gasteiger partial charge in [0.2, 0.25) is 0 Å². The fourth-order valence-corrected chi connectivity index (χ4v) is 3.32. The van der Waals surface area contributed by atoms with Crippen molar-refractivity contribution in [1.29, 1.82) is 0 Å². The summed E-state index contributed by atoms with van der Waals surface area (Å²) in [6, 6.07) is 15.0. The number of carbonyl (C=O) groups is 1. The van der Waals surface area contributed by atoms with Crippen molar-refractivity contribution in [2.45, 2.75) is 6.92 Å². The predicted octanol–water partition coefficient (Wildman–Crippen LogP) is 5.27. The number of nitrogens with zero attached hydrogens (tertiary/aromatic N) is 2. The number of fused-ring (bicyclic) bond motifs is 1.